The van der Waals surface area contributed by atoms with Gasteiger partial charge in [-0.15, -0.1) is 0 Å². The van der Waals surface area contributed by atoms with Crippen LogP contribution in [0.1, 0.15) is 12.5 Å². The Kier molecular flexibility index (Phi) is 5.82. The molecule has 0 radical (unpaired) electrons. The lowest BCUT2D eigenvalue weighted by Gasteiger charge is -2.42. The van der Waals surface area contributed by atoms with E-state index in [1.54, 1.807) is 7.11 Å². The SMILES string of the molecule is COCCNC(=S)N1CCN(c2ccc(C)cc2)[C@H](C)C1. The number of aryl methyl sites for hydroxylation is 1. The number of anilines is 1. The van der Waals surface area contributed by atoms with Crippen molar-refractivity contribution in [3.8, 4) is 0 Å². The van der Waals surface area contributed by atoms with E-state index in [1.165, 1.54) is 11.3 Å². The molecule has 116 valence electrons. The summed E-state index contributed by atoms with van der Waals surface area (Å²) in [6, 6.07) is 9.20. The Bertz CT molecular complexity index is 463. The van der Waals surface area contributed by atoms with Crippen LogP contribution >= 0.6 is 12.2 Å². The summed E-state index contributed by atoms with van der Waals surface area (Å²) in [7, 11) is 1.70. The van der Waals surface area contributed by atoms with Crippen molar-refractivity contribution in [1.29, 1.82) is 0 Å². The van der Waals surface area contributed by atoms with Gasteiger partial charge >= 0.3 is 0 Å². The Balaban J connectivity index is 1.89. The molecular formula is C16H25N3OS. The van der Waals surface area contributed by atoms with Crippen LogP contribution in [0.4, 0.5) is 5.69 Å². The van der Waals surface area contributed by atoms with Crippen molar-refractivity contribution in [2.45, 2.75) is 19.9 Å². The van der Waals surface area contributed by atoms with Gasteiger partial charge in [-0.25, -0.2) is 0 Å². The number of methoxy groups -OCH3 is 1. The highest BCUT2D eigenvalue weighted by atomic mass is 32.1. The summed E-state index contributed by atoms with van der Waals surface area (Å²) < 4.78 is 5.04. The summed E-state index contributed by atoms with van der Waals surface area (Å²) in [6.07, 6.45) is 0. The number of ether oxygens (including phenoxy) is 1. The van der Waals surface area contributed by atoms with Crippen molar-refractivity contribution < 1.29 is 4.74 Å². The predicted molar refractivity (Wildman–Crippen MR) is 92.0 cm³/mol. The van der Waals surface area contributed by atoms with E-state index in [9.17, 15) is 0 Å². The monoisotopic (exact) mass is 307 g/mol. The third-order valence-corrected chi connectivity index (χ3v) is 4.27. The molecule has 0 saturated carbocycles. The first-order valence-corrected chi connectivity index (χ1v) is 7.87. The van der Waals surface area contributed by atoms with E-state index in [1.807, 2.05) is 0 Å². The lowest BCUT2D eigenvalue weighted by Crippen LogP contribution is -2.56. The van der Waals surface area contributed by atoms with Crippen LogP contribution in [0.2, 0.25) is 0 Å². The van der Waals surface area contributed by atoms with E-state index in [0.29, 0.717) is 12.6 Å². The van der Waals surface area contributed by atoms with Gasteiger partial charge in [0.25, 0.3) is 0 Å². The summed E-state index contributed by atoms with van der Waals surface area (Å²) in [5.41, 5.74) is 2.60. The van der Waals surface area contributed by atoms with Gasteiger partial charge < -0.3 is 19.9 Å². The fourth-order valence-electron chi connectivity index (χ4n) is 2.63. The largest absolute Gasteiger partial charge is 0.383 e. The van der Waals surface area contributed by atoms with Gasteiger partial charge in [0.1, 0.15) is 0 Å². The third-order valence-electron chi connectivity index (χ3n) is 3.86. The Hall–Kier alpha value is -1.33. The minimum Gasteiger partial charge on any atom is -0.383 e. The van der Waals surface area contributed by atoms with E-state index in [-0.39, 0.29) is 0 Å². The van der Waals surface area contributed by atoms with Crippen LogP contribution < -0.4 is 10.2 Å². The second-order valence-corrected chi connectivity index (χ2v) is 5.94. The summed E-state index contributed by atoms with van der Waals surface area (Å²) in [5.74, 6) is 0. The average molecular weight is 307 g/mol. The molecule has 1 saturated heterocycles. The molecule has 1 atom stereocenters. The number of hydrogen-bond donors (Lipinski definition) is 1. The first-order valence-electron chi connectivity index (χ1n) is 7.47. The molecule has 0 aromatic heterocycles. The molecule has 1 aromatic carbocycles. The van der Waals surface area contributed by atoms with Crippen LogP contribution in [0.15, 0.2) is 24.3 Å². The molecule has 0 unspecified atom stereocenters. The number of rotatable bonds is 4. The summed E-state index contributed by atoms with van der Waals surface area (Å²) >= 11 is 5.45. The highest BCUT2D eigenvalue weighted by Crippen LogP contribution is 2.21. The molecule has 1 fully saturated rings. The van der Waals surface area contributed by atoms with Gasteiger partial charge in [0.05, 0.1) is 6.61 Å². The van der Waals surface area contributed by atoms with E-state index in [4.69, 9.17) is 17.0 Å². The van der Waals surface area contributed by atoms with Gasteiger partial charge in [0, 0.05) is 45.0 Å². The summed E-state index contributed by atoms with van der Waals surface area (Å²) in [4.78, 5) is 4.70. The Morgan fingerprint density at radius 3 is 2.67 bits per heavy atom. The maximum absolute atomic E-state index is 5.45. The maximum atomic E-state index is 5.45. The van der Waals surface area contributed by atoms with Crippen LogP contribution in [-0.2, 0) is 4.74 Å². The molecule has 1 aromatic rings. The second kappa shape index (κ2) is 7.61. The van der Waals surface area contributed by atoms with Crippen LogP contribution in [0.25, 0.3) is 0 Å². The highest BCUT2D eigenvalue weighted by Gasteiger charge is 2.25. The maximum Gasteiger partial charge on any atom is 0.169 e. The predicted octanol–water partition coefficient (Wildman–Crippen LogP) is 2.03. The first-order chi connectivity index (χ1) is 10.1. The van der Waals surface area contributed by atoms with E-state index >= 15 is 0 Å². The molecule has 2 rings (SSSR count). The zero-order valence-electron chi connectivity index (χ0n) is 13.1. The van der Waals surface area contributed by atoms with Crippen LogP contribution in [-0.4, -0.2) is 55.9 Å². The highest BCUT2D eigenvalue weighted by molar-refractivity contribution is 7.80. The zero-order valence-corrected chi connectivity index (χ0v) is 13.9. The molecule has 1 aliphatic rings. The summed E-state index contributed by atoms with van der Waals surface area (Å²) in [6.45, 7) is 8.72. The fourth-order valence-corrected chi connectivity index (χ4v) is 2.90. The Morgan fingerprint density at radius 2 is 2.05 bits per heavy atom. The lowest BCUT2D eigenvalue weighted by atomic mass is 10.1. The third kappa shape index (κ3) is 4.32. The van der Waals surface area contributed by atoms with Crippen molar-refractivity contribution in [2.75, 3.05) is 44.8 Å². The number of hydrogen-bond acceptors (Lipinski definition) is 3. The normalized spacial score (nSPS) is 18.7. The van der Waals surface area contributed by atoms with Gasteiger partial charge in [0.15, 0.2) is 5.11 Å². The quantitative estimate of drug-likeness (QED) is 0.679. The van der Waals surface area contributed by atoms with Crippen LogP contribution in [0, 0.1) is 6.92 Å². The van der Waals surface area contributed by atoms with Crippen molar-refractivity contribution in [1.82, 2.24) is 10.2 Å². The smallest absolute Gasteiger partial charge is 0.169 e. The van der Waals surface area contributed by atoms with E-state index in [2.05, 4.69) is 53.2 Å². The topological polar surface area (TPSA) is 27.7 Å². The minimum absolute atomic E-state index is 0.448. The number of nitrogens with zero attached hydrogens (tertiary/aromatic N) is 2. The molecular weight excluding hydrogens is 282 g/mol. The molecule has 0 aliphatic carbocycles. The Labute approximate surface area is 133 Å². The molecule has 21 heavy (non-hydrogen) atoms. The van der Waals surface area contributed by atoms with Gasteiger partial charge in [0.2, 0.25) is 0 Å². The number of piperazine rings is 1. The van der Waals surface area contributed by atoms with E-state index in [0.717, 1.165) is 31.3 Å². The lowest BCUT2D eigenvalue weighted by molar-refractivity contribution is 0.202. The van der Waals surface area contributed by atoms with Gasteiger partial charge in [-0.2, -0.15) is 0 Å². The average Bonchev–Trinajstić information content (AvgIpc) is 2.48. The minimum atomic E-state index is 0.448. The zero-order chi connectivity index (χ0) is 15.2. The van der Waals surface area contributed by atoms with Crippen molar-refractivity contribution in [3.05, 3.63) is 29.8 Å². The van der Waals surface area contributed by atoms with Gasteiger partial charge in [-0.1, -0.05) is 17.7 Å². The molecule has 0 amide bonds. The number of nitrogens with one attached hydrogen (secondary N) is 1. The molecule has 1 heterocycles. The molecule has 0 spiro atoms. The molecule has 0 bridgehead atoms. The van der Waals surface area contributed by atoms with Gasteiger partial charge in [-0.3, -0.25) is 0 Å². The molecule has 1 aliphatic heterocycles. The molecule has 1 N–H and O–H groups in total. The van der Waals surface area contributed by atoms with Crippen LogP contribution in [0.3, 0.4) is 0 Å². The molecule has 4 nitrogen and oxygen atoms in total. The van der Waals surface area contributed by atoms with Crippen molar-refractivity contribution in [3.63, 3.8) is 0 Å². The number of thiocarbonyl (C=S) groups is 1. The number of benzene rings is 1. The standard InChI is InChI=1S/C16H25N3OS/c1-13-4-6-15(7-5-13)19-10-9-18(12-14(19)2)16(21)17-8-11-20-3/h4-7,14H,8-12H2,1-3H3,(H,17,21)/t14-/m1/s1. The second-order valence-electron chi connectivity index (χ2n) is 5.55. The van der Waals surface area contributed by atoms with Crippen molar-refractivity contribution in [2.24, 2.45) is 0 Å². The van der Waals surface area contributed by atoms with Gasteiger partial charge in [-0.05, 0) is 38.2 Å². The Morgan fingerprint density at radius 1 is 1.33 bits per heavy atom. The van der Waals surface area contributed by atoms with Crippen LogP contribution in [0.5, 0.6) is 0 Å². The first kappa shape index (κ1) is 16.0. The van der Waals surface area contributed by atoms with E-state index < -0.39 is 0 Å². The molecule has 5 heteroatoms. The summed E-state index contributed by atoms with van der Waals surface area (Å²) in [5, 5.41) is 4.09. The van der Waals surface area contributed by atoms with Crippen molar-refractivity contribution >= 4 is 23.0 Å². The fraction of sp³-hybridized carbons (Fsp3) is 0.562.